The summed E-state index contributed by atoms with van der Waals surface area (Å²) in [6.45, 7) is 2.33. The Labute approximate surface area is 165 Å². The van der Waals surface area contributed by atoms with Gasteiger partial charge in [0, 0.05) is 15.8 Å². The van der Waals surface area contributed by atoms with Gasteiger partial charge in [0.05, 0.1) is 5.75 Å². The van der Waals surface area contributed by atoms with Crippen molar-refractivity contribution in [1.82, 2.24) is 20.2 Å². The van der Waals surface area contributed by atoms with E-state index in [0.29, 0.717) is 17.5 Å². The molecule has 0 unspecified atom stereocenters. The Hall–Kier alpha value is -2.25. The summed E-state index contributed by atoms with van der Waals surface area (Å²) in [6, 6.07) is 9.84. The number of fused-ring (bicyclic) bond motifs is 3. The van der Waals surface area contributed by atoms with E-state index < -0.39 is 0 Å². The van der Waals surface area contributed by atoms with Gasteiger partial charge in [0.2, 0.25) is 11.8 Å². The maximum absolute atomic E-state index is 5.83. The molecule has 0 N–H and O–H groups in total. The van der Waals surface area contributed by atoms with Crippen LogP contribution < -0.4 is 0 Å². The predicted octanol–water partition coefficient (Wildman–Crippen LogP) is 5.16. The third kappa shape index (κ3) is 3.26. The average Bonchev–Trinajstić information content (AvgIpc) is 3.31. The van der Waals surface area contributed by atoms with Crippen LogP contribution in [0.4, 0.5) is 0 Å². The van der Waals surface area contributed by atoms with Crippen LogP contribution in [0.2, 0.25) is 0 Å². The molecule has 3 heterocycles. The molecule has 1 aliphatic carbocycles. The molecule has 7 heteroatoms. The molecular weight excluding hydrogens is 376 g/mol. The number of hydrogen-bond donors (Lipinski definition) is 0. The van der Waals surface area contributed by atoms with Gasteiger partial charge in [0.1, 0.15) is 16.2 Å². The van der Waals surface area contributed by atoms with Gasteiger partial charge in [-0.05, 0) is 42.9 Å². The first-order valence-electron chi connectivity index (χ1n) is 9.04. The molecule has 5 rings (SSSR count). The van der Waals surface area contributed by atoms with Gasteiger partial charge in [-0.25, -0.2) is 9.97 Å². The monoisotopic (exact) mass is 394 g/mol. The van der Waals surface area contributed by atoms with Crippen LogP contribution in [0.5, 0.6) is 0 Å². The minimum absolute atomic E-state index is 0.556. The third-order valence-corrected chi connectivity index (χ3v) is 7.01. The van der Waals surface area contributed by atoms with Crippen LogP contribution in [0.15, 0.2) is 46.1 Å². The standard InChI is InChI=1S/C20H18N4OS2/c1-12-7-8-14-15(9-12)27-20-17(14)19(21-11-22-20)26-10-16-23-24-18(25-16)13-5-3-2-4-6-13/h2-6,11-12H,7-10H2,1H3/t12-/m0/s1. The minimum atomic E-state index is 0.556. The summed E-state index contributed by atoms with van der Waals surface area (Å²) in [4.78, 5) is 11.6. The number of nitrogens with zero attached hydrogens (tertiary/aromatic N) is 4. The number of aromatic nitrogens is 4. The molecular formula is C20H18N4OS2. The van der Waals surface area contributed by atoms with Gasteiger partial charge >= 0.3 is 0 Å². The fraction of sp³-hybridized carbons (Fsp3) is 0.300. The van der Waals surface area contributed by atoms with Crippen molar-refractivity contribution >= 4 is 33.3 Å². The van der Waals surface area contributed by atoms with Crippen molar-refractivity contribution in [3.05, 3.63) is 53.0 Å². The van der Waals surface area contributed by atoms with E-state index in [2.05, 4.69) is 27.1 Å². The smallest absolute Gasteiger partial charge is 0.247 e. The molecule has 1 aliphatic rings. The van der Waals surface area contributed by atoms with Crippen LogP contribution in [0, 0.1) is 5.92 Å². The second-order valence-electron chi connectivity index (χ2n) is 6.87. The van der Waals surface area contributed by atoms with Crippen molar-refractivity contribution in [2.24, 2.45) is 5.92 Å². The summed E-state index contributed by atoms with van der Waals surface area (Å²) < 4.78 is 5.83. The number of rotatable bonds is 4. The van der Waals surface area contributed by atoms with Crippen LogP contribution in [0.1, 0.15) is 29.7 Å². The largest absolute Gasteiger partial charge is 0.420 e. The Morgan fingerprint density at radius 1 is 1.19 bits per heavy atom. The first-order chi connectivity index (χ1) is 13.3. The summed E-state index contributed by atoms with van der Waals surface area (Å²) in [7, 11) is 0. The van der Waals surface area contributed by atoms with Gasteiger partial charge in [-0.15, -0.1) is 21.5 Å². The van der Waals surface area contributed by atoms with Crippen molar-refractivity contribution in [2.75, 3.05) is 0 Å². The van der Waals surface area contributed by atoms with Crippen molar-refractivity contribution in [1.29, 1.82) is 0 Å². The van der Waals surface area contributed by atoms with Gasteiger partial charge in [0.25, 0.3) is 0 Å². The van der Waals surface area contributed by atoms with E-state index in [1.165, 1.54) is 22.2 Å². The van der Waals surface area contributed by atoms with E-state index in [-0.39, 0.29) is 0 Å². The number of thiophene rings is 1. The Morgan fingerprint density at radius 3 is 2.96 bits per heavy atom. The summed E-state index contributed by atoms with van der Waals surface area (Å²) in [5.74, 6) is 2.53. The molecule has 5 nitrogen and oxygen atoms in total. The van der Waals surface area contributed by atoms with Gasteiger partial charge in [-0.1, -0.05) is 36.9 Å². The predicted molar refractivity (Wildman–Crippen MR) is 108 cm³/mol. The van der Waals surface area contributed by atoms with Gasteiger partial charge < -0.3 is 4.42 Å². The fourth-order valence-corrected chi connectivity index (χ4v) is 5.77. The maximum atomic E-state index is 5.83. The molecule has 136 valence electrons. The Bertz CT molecular complexity index is 1090. The zero-order valence-corrected chi connectivity index (χ0v) is 16.5. The second kappa shape index (κ2) is 7.05. The van der Waals surface area contributed by atoms with Crippen molar-refractivity contribution < 1.29 is 4.42 Å². The third-order valence-electron chi connectivity index (χ3n) is 4.88. The van der Waals surface area contributed by atoms with E-state index in [1.54, 1.807) is 18.1 Å². The van der Waals surface area contributed by atoms with Crippen molar-refractivity contribution in [2.45, 2.75) is 37.0 Å². The van der Waals surface area contributed by atoms with Crippen LogP contribution >= 0.6 is 23.1 Å². The molecule has 0 fully saturated rings. The molecule has 0 saturated carbocycles. The maximum Gasteiger partial charge on any atom is 0.247 e. The Balaban J connectivity index is 1.40. The zero-order valence-electron chi connectivity index (χ0n) is 14.9. The van der Waals surface area contributed by atoms with Crippen molar-refractivity contribution in [3.63, 3.8) is 0 Å². The summed E-state index contributed by atoms with van der Waals surface area (Å²) in [6.07, 6.45) is 5.18. The summed E-state index contributed by atoms with van der Waals surface area (Å²) >= 11 is 3.47. The lowest BCUT2D eigenvalue weighted by atomic mass is 9.89. The minimum Gasteiger partial charge on any atom is -0.420 e. The molecule has 1 aromatic carbocycles. The highest BCUT2D eigenvalue weighted by Gasteiger charge is 2.23. The van der Waals surface area contributed by atoms with E-state index in [4.69, 9.17) is 4.42 Å². The first-order valence-corrected chi connectivity index (χ1v) is 10.8. The lowest BCUT2D eigenvalue weighted by molar-refractivity contribution is 0.509. The quantitative estimate of drug-likeness (QED) is 0.352. The molecule has 3 aromatic heterocycles. The second-order valence-corrected chi connectivity index (χ2v) is 8.91. The molecule has 1 atom stereocenters. The van der Waals surface area contributed by atoms with Gasteiger partial charge in [0.15, 0.2) is 0 Å². The molecule has 4 aromatic rings. The highest BCUT2D eigenvalue weighted by Crippen LogP contribution is 2.41. The van der Waals surface area contributed by atoms with Crippen molar-refractivity contribution in [3.8, 4) is 11.5 Å². The van der Waals surface area contributed by atoms with Crippen LogP contribution in [0.3, 0.4) is 0 Å². The van der Waals surface area contributed by atoms with Gasteiger partial charge in [-0.3, -0.25) is 0 Å². The molecule has 0 radical (unpaired) electrons. The molecule has 0 saturated heterocycles. The molecule has 0 amide bonds. The van der Waals surface area contributed by atoms with E-state index in [0.717, 1.165) is 34.2 Å². The summed E-state index contributed by atoms with van der Waals surface area (Å²) in [5.41, 5.74) is 2.39. The van der Waals surface area contributed by atoms with E-state index in [9.17, 15) is 0 Å². The topological polar surface area (TPSA) is 64.7 Å². The fourth-order valence-electron chi connectivity index (χ4n) is 3.50. The molecule has 0 aliphatic heterocycles. The van der Waals surface area contributed by atoms with Crippen LogP contribution in [-0.2, 0) is 18.6 Å². The highest BCUT2D eigenvalue weighted by atomic mass is 32.2. The highest BCUT2D eigenvalue weighted by molar-refractivity contribution is 7.98. The first kappa shape index (κ1) is 16.9. The number of thioether (sulfide) groups is 1. The lowest BCUT2D eigenvalue weighted by Gasteiger charge is -2.18. The zero-order chi connectivity index (χ0) is 18.2. The van der Waals surface area contributed by atoms with E-state index in [1.807, 2.05) is 41.7 Å². The Kier molecular flexibility index (Phi) is 4.41. The number of aryl methyl sites for hydroxylation is 1. The molecule has 0 bridgehead atoms. The van der Waals surface area contributed by atoms with E-state index >= 15 is 0 Å². The average molecular weight is 395 g/mol. The SMILES string of the molecule is C[C@H]1CCc2c(sc3ncnc(SCc4nnc(-c5ccccc5)o4)c23)C1. The van der Waals surface area contributed by atoms with Crippen LogP contribution in [-0.4, -0.2) is 20.2 Å². The molecule has 27 heavy (non-hydrogen) atoms. The number of benzene rings is 1. The van der Waals surface area contributed by atoms with Crippen LogP contribution in [0.25, 0.3) is 21.7 Å². The summed E-state index contributed by atoms with van der Waals surface area (Å²) in [5, 5.41) is 10.6. The number of hydrogen-bond acceptors (Lipinski definition) is 7. The Morgan fingerprint density at radius 2 is 2.07 bits per heavy atom. The normalized spacial score (nSPS) is 16.6. The lowest BCUT2D eigenvalue weighted by Crippen LogP contribution is -2.08. The van der Waals surface area contributed by atoms with Gasteiger partial charge in [-0.2, -0.15) is 0 Å². The molecule has 0 spiro atoms.